The van der Waals surface area contributed by atoms with Gasteiger partial charge in [0.2, 0.25) is 0 Å². The van der Waals surface area contributed by atoms with E-state index in [0.717, 1.165) is 12.8 Å². The topological polar surface area (TPSA) is 65.8 Å². The quantitative estimate of drug-likeness (QED) is 0.204. The fourth-order valence-electron chi connectivity index (χ4n) is 2.65. The van der Waals surface area contributed by atoms with Crippen molar-refractivity contribution < 1.29 is 73.8 Å². The molecule has 6 heteroatoms. The molecule has 0 atom stereocenters. The van der Waals surface area contributed by atoms with E-state index in [0.29, 0.717) is 6.42 Å². The zero-order valence-electron chi connectivity index (χ0n) is 16.2. The average molecular weight is 497 g/mol. The van der Waals surface area contributed by atoms with Crippen LogP contribution in [0.15, 0.2) is 0 Å². The van der Waals surface area contributed by atoms with Gasteiger partial charge < -0.3 is 10.6 Å². The Bertz CT molecular complexity index is 218. The van der Waals surface area contributed by atoms with Crippen LogP contribution in [0.25, 0.3) is 0 Å². The summed E-state index contributed by atoms with van der Waals surface area (Å²) in [5, 5.41) is 8.52. The molecule has 0 bridgehead atoms. The van der Waals surface area contributed by atoms with E-state index < -0.39 is 5.97 Å². The minimum atomic E-state index is -0.653. The Balaban J connectivity index is -0.000000301. The van der Waals surface area contributed by atoms with Crippen LogP contribution in [0.3, 0.4) is 0 Å². The summed E-state index contributed by atoms with van der Waals surface area (Å²) in [4.78, 5) is 10.3. The van der Waals surface area contributed by atoms with Gasteiger partial charge in [-0.2, -0.15) is 0 Å². The van der Waals surface area contributed by atoms with Crippen LogP contribution in [0.5, 0.6) is 0 Å². The number of carboxylic acid groups (broad SMARTS) is 1. The maximum atomic E-state index is 10.3. The molecular weight excluding hydrogens is 460 g/mol. The van der Waals surface area contributed by atoms with E-state index >= 15 is 0 Å². The van der Waals surface area contributed by atoms with Gasteiger partial charge in [0.1, 0.15) is 0 Å². The zero-order valence-corrected chi connectivity index (χ0v) is 25.1. The van der Waals surface area contributed by atoms with Crippen molar-refractivity contribution in [2.24, 2.45) is 0 Å². The molecule has 0 saturated carbocycles. The van der Waals surface area contributed by atoms with Crippen molar-refractivity contribution >= 4 is 5.97 Å². The molecule has 0 rings (SSSR count). The van der Waals surface area contributed by atoms with E-state index in [9.17, 15) is 4.79 Å². The van der Waals surface area contributed by atoms with Gasteiger partial charge in [-0.05, 0) is 6.42 Å². The summed E-state index contributed by atoms with van der Waals surface area (Å²) >= 11 is 0. The predicted molar refractivity (Wildman–Crippen MR) is 87.9 cm³/mol. The second kappa shape index (κ2) is 32.0. The van der Waals surface area contributed by atoms with Crippen LogP contribution in [0, 0.1) is 0 Å². The second-order valence-corrected chi connectivity index (χ2v) is 6.09. The van der Waals surface area contributed by atoms with Gasteiger partial charge in [0.15, 0.2) is 0 Å². The predicted octanol–water partition coefficient (Wildman–Crippen LogP) is 6.21. The standard InChI is InChI=1S/C18H36O2.O.3Zn/c1-2-3-4-5-6-7-8-9-10-11-12-13-14-15-16-17-18(19)20;;;;/h2-17H2,1H3,(H,19,20);;;;/q;-2;3*+2. The summed E-state index contributed by atoms with van der Waals surface area (Å²) in [5.74, 6) is -0.653. The van der Waals surface area contributed by atoms with Gasteiger partial charge in [-0.25, -0.2) is 0 Å². The molecule has 0 heterocycles. The van der Waals surface area contributed by atoms with E-state index in [4.69, 9.17) is 5.11 Å². The zero-order chi connectivity index (χ0) is 14.9. The molecule has 0 radical (unpaired) electrons. The van der Waals surface area contributed by atoms with Crippen molar-refractivity contribution in [2.75, 3.05) is 0 Å². The Labute approximate surface area is 188 Å². The van der Waals surface area contributed by atoms with Crippen LogP contribution in [-0.4, -0.2) is 11.1 Å². The Kier molecular flexibility index (Phi) is 48.4. The summed E-state index contributed by atoms with van der Waals surface area (Å²) in [5.41, 5.74) is 0. The van der Waals surface area contributed by atoms with Crippen LogP contribution in [0.2, 0.25) is 0 Å². The molecule has 1 N–H and O–H groups in total. The molecule has 0 fully saturated rings. The van der Waals surface area contributed by atoms with Crippen molar-refractivity contribution in [1.82, 2.24) is 0 Å². The Hall–Kier alpha value is 1.30. The molecule has 0 aromatic heterocycles. The molecule has 0 spiro atoms. The van der Waals surface area contributed by atoms with Crippen molar-refractivity contribution in [2.45, 2.75) is 110 Å². The minimum absolute atomic E-state index is 0. The second-order valence-electron chi connectivity index (χ2n) is 6.09. The molecule has 0 amide bonds. The first kappa shape index (κ1) is 36.3. The normalized spacial score (nSPS) is 9.04. The van der Waals surface area contributed by atoms with Crippen LogP contribution in [-0.2, 0) is 68.7 Å². The fraction of sp³-hybridized carbons (Fsp3) is 0.944. The largest absolute Gasteiger partial charge is 2.00 e. The monoisotopic (exact) mass is 492 g/mol. The summed E-state index contributed by atoms with van der Waals surface area (Å²) in [6.45, 7) is 2.27. The Morgan fingerprint density at radius 1 is 0.583 bits per heavy atom. The van der Waals surface area contributed by atoms with Gasteiger partial charge in [-0.1, -0.05) is 96.8 Å². The molecule has 0 aromatic rings. The summed E-state index contributed by atoms with van der Waals surface area (Å²) in [6.07, 6.45) is 20.2. The van der Waals surface area contributed by atoms with Crippen molar-refractivity contribution in [3.8, 4) is 0 Å². The maximum Gasteiger partial charge on any atom is 2.00 e. The summed E-state index contributed by atoms with van der Waals surface area (Å²) in [7, 11) is 0. The first-order valence-corrected chi connectivity index (χ1v) is 8.99. The SMILES string of the molecule is CCCCCCCCCCCCCCCCCC(=O)O.[O-2].[Zn+2].[Zn+2].[Zn+2]. The first-order valence-electron chi connectivity index (χ1n) is 8.99. The number of rotatable bonds is 16. The molecular formula is C18H36O3Zn3+4. The number of hydrogen-bond donors (Lipinski definition) is 1. The van der Waals surface area contributed by atoms with Crippen molar-refractivity contribution in [3.63, 3.8) is 0 Å². The number of aliphatic carboxylic acids is 1. The van der Waals surface area contributed by atoms with Crippen LogP contribution in [0.4, 0.5) is 0 Å². The average Bonchev–Trinajstić information content (AvgIpc) is 2.43. The van der Waals surface area contributed by atoms with E-state index in [-0.39, 0.29) is 63.9 Å². The van der Waals surface area contributed by atoms with Gasteiger partial charge in [-0.3, -0.25) is 4.79 Å². The Morgan fingerprint density at radius 3 is 1.08 bits per heavy atom. The van der Waals surface area contributed by atoms with E-state index in [2.05, 4.69) is 6.92 Å². The fourth-order valence-corrected chi connectivity index (χ4v) is 2.65. The third-order valence-corrected chi connectivity index (χ3v) is 3.99. The van der Waals surface area contributed by atoms with Crippen LogP contribution >= 0.6 is 0 Å². The minimum Gasteiger partial charge on any atom is -2.00 e. The van der Waals surface area contributed by atoms with E-state index in [1.54, 1.807) is 0 Å². The summed E-state index contributed by atoms with van der Waals surface area (Å²) < 4.78 is 0. The van der Waals surface area contributed by atoms with Gasteiger partial charge in [0, 0.05) is 6.42 Å². The van der Waals surface area contributed by atoms with Gasteiger partial charge in [-0.15, -0.1) is 0 Å². The Morgan fingerprint density at radius 2 is 0.833 bits per heavy atom. The molecule has 24 heavy (non-hydrogen) atoms. The molecule has 0 saturated heterocycles. The molecule has 0 aliphatic heterocycles. The smallest absolute Gasteiger partial charge is 2.00 e. The van der Waals surface area contributed by atoms with E-state index in [1.165, 1.54) is 83.5 Å². The van der Waals surface area contributed by atoms with Gasteiger partial charge in [0.05, 0.1) is 0 Å². The molecule has 0 unspecified atom stereocenters. The maximum absolute atomic E-state index is 10.3. The van der Waals surface area contributed by atoms with Crippen molar-refractivity contribution in [1.29, 1.82) is 0 Å². The van der Waals surface area contributed by atoms with Gasteiger partial charge in [0.25, 0.3) is 0 Å². The summed E-state index contributed by atoms with van der Waals surface area (Å²) in [6, 6.07) is 0. The number of unbranched alkanes of at least 4 members (excludes halogenated alkanes) is 14. The third kappa shape index (κ3) is 34.6. The third-order valence-electron chi connectivity index (χ3n) is 3.99. The van der Waals surface area contributed by atoms with Crippen LogP contribution in [0.1, 0.15) is 110 Å². The first-order chi connectivity index (χ1) is 9.77. The molecule has 0 aliphatic carbocycles. The van der Waals surface area contributed by atoms with E-state index in [1.807, 2.05) is 0 Å². The van der Waals surface area contributed by atoms with Crippen molar-refractivity contribution in [3.05, 3.63) is 0 Å². The molecule has 3 nitrogen and oxygen atoms in total. The molecule has 0 aliphatic rings. The number of carbonyl (C=O) groups is 1. The number of hydrogen-bond acceptors (Lipinski definition) is 1. The molecule has 0 aromatic carbocycles. The van der Waals surface area contributed by atoms with Crippen LogP contribution < -0.4 is 0 Å². The number of carboxylic acids is 1. The molecule has 128 valence electrons. The van der Waals surface area contributed by atoms with Gasteiger partial charge >= 0.3 is 64.4 Å².